The highest BCUT2D eigenvalue weighted by Crippen LogP contribution is 2.10. The summed E-state index contributed by atoms with van der Waals surface area (Å²) in [6.07, 6.45) is 1.01. The molecule has 17 heavy (non-hydrogen) atoms. The van der Waals surface area contributed by atoms with Gasteiger partial charge < -0.3 is 5.32 Å². The molecule has 0 unspecified atom stereocenters. The first-order chi connectivity index (χ1) is 8.34. The third-order valence-electron chi connectivity index (χ3n) is 2.65. The third kappa shape index (κ3) is 4.22. The molecule has 0 amide bonds. The quantitative estimate of drug-likeness (QED) is 0.793. The zero-order chi connectivity index (χ0) is 11.9. The van der Waals surface area contributed by atoms with E-state index in [4.69, 9.17) is 11.6 Å². The van der Waals surface area contributed by atoms with Crippen LogP contribution in [0.1, 0.15) is 11.1 Å². The lowest BCUT2D eigenvalue weighted by Crippen LogP contribution is -2.16. The zero-order valence-corrected chi connectivity index (χ0v) is 10.5. The Bertz CT molecular complexity index is 453. The van der Waals surface area contributed by atoms with E-state index in [1.807, 2.05) is 24.3 Å². The standard InChI is InChI=1S/C15H16ClN/c16-15-8-4-7-13(11-15)9-10-17-12-14-5-2-1-3-6-14/h1-8,11,17H,9-10,12H2. The molecule has 1 nitrogen and oxygen atoms in total. The molecule has 0 spiro atoms. The normalized spacial score (nSPS) is 10.4. The van der Waals surface area contributed by atoms with E-state index in [-0.39, 0.29) is 0 Å². The molecule has 0 saturated heterocycles. The van der Waals surface area contributed by atoms with E-state index in [0.717, 1.165) is 24.5 Å². The van der Waals surface area contributed by atoms with Crippen molar-refractivity contribution in [1.82, 2.24) is 5.32 Å². The van der Waals surface area contributed by atoms with Crippen LogP contribution in [0.25, 0.3) is 0 Å². The van der Waals surface area contributed by atoms with Gasteiger partial charge in [-0.15, -0.1) is 0 Å². The van der Waals surface area contributed by atoms with Gasteiger partial charge in [0.2, 0.25) is 0 Å². The van der Waals surface area contributed by atoms with E-state index in [2.05, 4.69) is 35.6 Å². The Morgan fingerprint density at radius 1 is 0.882 bits per heavy atom. The maximum Gasteiger partial charge on any atom is 0.0408 e. The van der Waals surface area contributed by atoms with Crippen molar-refractivity contribution < 1.29 is 0 Å². The number of benzene rings is 2. The van der Waals surface area contributed by atoms with E-state index in [1.54, 1.807) is 0 Å². The molecule has 0 aliphatic carbocycles. The van der Waals surface area contributed by atoms with Crippen LogP contribution in [0.5, 0.6) is 0 Å². The number of nitrogens with one attached hydrogen (secondary N) is 1. The van der Waals surface area contributed by atoms with Crippen LogP contribution in [0.2, 0.25) is 5.02 Å². The Hall–Kier alpha value is -1.31. The van der Waals surface area contributed by atoms with Crippen LogP contribution in [-0.4, -0.2) is 6.54 Å². The predicted molar refractivity (Wildman–Crippen MR) is 73.3 cm³/mol. The molecular weight excluding hydrogens is 230 g/mol. The van der Waals surface area contributed by atoms with Crippen molar-refractivity contribution in [2.45, 2.75) is 13.0 Å². The largest absolute Gasteiger partial charge is 0.312 e. The topological polar surface area (TPSA) is 12.0 Å². The SMILES string of the molecule is Clc1cccc(CCNCc2ccccc2)c1. The van der Waals surface area contributed by atoms with Gasteiger partial charge in [0, 0.05) is 11.6 Å². The van der Waals surface area contributed by atoms with Crippen LogP contribution in [0.4, 0.5) is 0 Å². The zero-order valence-electron chi connectivity index (χ0n) is 9.70. The fourth-order valence-corrected chi connectivity index (χ4v) is 1.97. The molecule has 0 saturated carbocycles. The summed E-state index contributed by atoms with van der Waals surface area (Å²) < 4.78 is 0. The summed E-state index contributed by atoms with van der Waals surface area (Å²) >= 11 is 5.93. The van der Waals surface area contributed by atoms with Gasteiger partial charge in [-0.3, -0.25) is 0 Å². The lowest BCUT2D eigenvalue weighted by Gasteiger charge is -2.05. The molecule has 0 radical (unpaired) electrons. The molecule has 2 aromatic carbocycles. The van der Waals surface area contributed by atoms with E-state index in [0.29, 0.717) is 0 Å². The minimum atomic E-state index is 0.811. The molecule has 0 bridgehead atoms. The molecular formula is C15H16ClN. The van der Waals surface area contributed by atoms with Crippen molar-refractivity contribution in [1.29, 1.82) is 0 Å². The second-order valence-electron chi connectivity index (χ2n) is 4.04. The van der Waals surface area contributed by atoms with Crippen molar-refractivity contribution in [2.75, 3.05) is 6.54 Å². The van der Waals surface area contributed by atoms with E-state index in [9.17, 15) is 0 Å². The summed E-state index contributed by atoms with van der Waals surface area (Å²) in [5.41, 5.74) is 2.59. The Morgan fingerprint density at radius 3 is 2.41 bits per heavy atom. The smallest absolute Gasteiger partial charge is 0.0408 e. The number of hydrogen-bond acceptors (Lipinski definition) is 1. The minimum Gasteiger partial charge on any atom is -0.312 e. The average Bonchev–Trinajstić information content (AvgIpc) is 2.36. The highest BCUT2D eigenvalue weighted by Gasteiger charge is 1.95. The lowest BCUT2D eigenvalue weighted by atomic mass is 10.1. The van der Waals surface area contributed by atoms with Crippen molar-refractivity contribution in [3.05, 3.63) is 70.7 Å². The van der Waals surface area contributed by atoms with Crippen LogP contribution >= 0.6 is 11.6 Å². The summed E-state index contributed by atoms with van der Waals surface area (Å²) in [4.78, 5) is 0. The molecule has 2 heteroatoms. The fraction of sp³-hybridized carbons (Fsp3) is 0.200. The Kier molecular flexibility index (Phi) is 4.60. The van der Waals surface area contributed by atoms with E-state index < -0.39 is 0 Å². The molecule has 0 fully saturated rings. The third-order valence-corrected chi connectivity index (χ3v) is 2.89. The van der Waals surface area contributed by atoms with Crippen molar-refractivity contribution in [2.24, 2.45) is 0 Å². The van der Waals surface area contributed by atoms with Gasteiger partial charge in [-0.1, -0.05) is 54.1 Å². The Labute approximate surface area is 107 Å². The van der Waals surface area contributed by atoms with Crippen LogP contribution in [0, 0.1) is 0 Å². The number of hydrogen-bond donors (Lipinski definition) is 1. The van der Waals surface area contributed by atoms with Gasteiger partial charge in [0.15, 0.2) is 0 Å². The molecule has 88 valence electrons. The summed E-state index contributed by atoms with van der Waals surface area (Å²) in [5.74, 6) is 0. The Balaban J connectivity index is 1.73. The maximum absolute atomic E-state index is 5.93. The highest BCUT2D eigenvalue weighted by atomic mass is 35.5. The second kappa shape index (κ2) is 6.43. The van der Waals surface area contributed by atoms with E-state index >= 15 is 0 Å². The number of rotatable bonds is 5. The first-order valence-electron chi connectivity index (χ1n) is 5.84. The monoisotopic (exact) mass is 245 g/mol. The summed E-state index contributed by atoms with van der Waals surface area (Å²) in [6.45, 7) is 1.89. The average molecular weight is 246 g/mol. The van der Waals surface area contributed by atoms with Crippen molar-refractivity contribution in [3.8, 4) is 0 Å². The predicted octanol–water partition coefficient (Wildman–Crippen LogP) is 3.67. The molecule has 0 aliphatic rings. The molecule has 0 heterocycles. The van der Waals surface area contributed by atoms with Crippen molar-refractivity contribution >= 4 is 11.6 Å². The summed E-state index contributed by atoms with van der Waals surface area (Å²) in [7, 11) is 0. The molecule has 2 rings (SSSR count). The van der Waals surface area contributed by atoms with Crippen LogP contribution < -0.4 is 5.32 Å². The highest BCUT2D eigenvalue weighted by molar-refractivity contribution is 6.30. The van der Waals surface area contributed by atoms with Gasteiger partial charge >= 0.3 is 0 Å². The van der Waals surface area contributed by atoms with Crippen LogP contribution in [-0.2, 0) is 13.0 Å². The lowest BCUT2D eigenvalue weighted by molar-refractivity contribution is 0.687. The van der Waals surface area contributed by atoms with Gasteiger partial charge in [-0.05, 0) is 36.2 Å². The molecule has 2 aromatic rings. The maximum atomic E-state index is 5.93. The van der Waals surface area contributed by atoms with Crippen LogP contribution in [0.15, 0.2) is 54.6 Å². The first-order valence-corrected chi connectivity index (χ1v) is 6.21. The van der Waals surface area contributed by atoms with Crippen LogP contribution in [0.3, 0.4) is 0 Å². The molecule has 1 N–H and O–H groups in total. The van der Waals surface area contributed by atoms with Gasteiger partial charge in [0.25, 0.3) is 0 Å². The van der Waals surface area contributed by atoms with Gasteiger partial charge in [-0.2, -0.15) is 0 Å². The molecule has 0 atom stereocenters. The van der Waals surface area contributed by atoms with Crippen molar-refractivity contribution in [3.63, 3.8) is 0 Å². The summed E-state index contributed by atoms with van der Waals surface area (Å²) in [6, 6.07) is 18.5. The first kappa shape index (κ1) is 12.2. The van der Waals surface area contributed by atoms with E-state index in [1.165, 1.54) is 11.1 Å². The van der Waals surface area contributed by atoms with Gasteiger partial charge in [0.1, 0.15) is 0 Å². The second-order valence-corrected chi connectivity index (χ2v) is 4.48. The molecule has 0 aromatic heterocycles. The fourth-order valence-electron chi connectivity index (χ4n) is 1.75. The minimum absolute atomic E-state index is 0.811. The van der Waals surface area contributed by atoms with Gasteiger partial charge in [-0.25, -0.2) is 0 Å². The number of halogens is 1. The molecule has 0 aliphatic heterocycles. The Morgan fingerprint density at radius 2 is 1.65 bits per heavy atom. The summed E-state index contributed by atoms with van der Waals surface area (Å²) in [5, 5.41) is 4.24. The van der Waals surface area contributed by atoms with Gasteiger partial charge in [0.05, 0.1) is 0 Å².